The van der Waals surface area contributed by atoms with Crippen LogP contribution in [0.15, 0.2) is 54.1 Å². The summed E-state index contributed by atoms with van der Waals surface area (Å²) in [5.74, 6) is -2.07. The number of carbonyl (C=O) groups excluding carboxylic acids is 1. The molecule has 0 saturated heterocycles. The number of nitrogens with one attached hydrogen (secondary N) is 1. The van der Waals surface area contributed by atoms with Crippen LogP contribution in [0.1, 0.15) is 40.0 Å². The van der Waals surface area contributed by atoms with Crippen molar-refractivity contribution in [1.29, 1.82) is 0 Å². The van der Waals surface area contributed by atoms with Gasteiger partial charge in [0.05, 0.1) is 29.1 Å². The lowest BCUT2D eigenvalue weighted by Gasteiger charge is -2.29. The van der Waals surface area contributed by atoms with E-state index in [-0.39, 0.29) is 5.56 Å². The third-order valence-corrected chi connectivity index (χ3v) is 6.14. The SMILES string of the molecule is CSc1ncc2c(n1)CCN(c1cncc(C(=O)Nc3cccc(C(C)C(F)(F)F)c3)c1)C2. The maximum Gasteiger partial charge on any atom is 0.395 e. The number of carbonyl (C=O) groups is 1. The summed E-state index contributed by atoms with van der Waals surface area (Å²) >= 11 is 1.50. The normalized spacial score (nSPS) is 14.5. The first-order valence-corrected chi connectivity index (χ1v) is 11.5. The van der Waals surface area contributed by atoms with Crippen LogP contribution in [0, 0.1) is 0 Å². The highest BCUT2D eigenvalue weighted by Crippen LogP contribution is 2.35. The molecule has 6 nitrogen and oxygen atoms in total. The zero-order valence-electron chi connectivity index (χ0n) is 18.1. The maximum absolute atomic E-state index is 13.0. The van der Waals surface area contributed by atoms with E-state index in [2.05, 4.69) is 25.2 Å². The molecule has 0 spiro atoms. The molecule has 1 N–H and O–H groups in total. The molecule has 4 rings (SSSR count). The summed E-state index contributed by atoms with van der Waals surface area (Å²) in [6, 6.07) is 7.53. The lowest BCUT2D eigenvalue weighted by Crippen LogP contribution is -2.31. The summed E-state index contributed by atoms with van der Waals surface area (Å²) in [6.45, 7) is 2.42. The number of amides is 1. The van der Waals surface area contributed by atoms with Gasteiger partial charge in [-0.15, -0.1) is 0 Å². The summed E-state index contributed by atoms with van der Waals surface area (Å²) in [7, 11) is 0. The number of benzene rings is 1. The van der Waals surface area contributed by atoms with Gasteiger partial charge in [-0.05, 0) is 36.9 Å². The monoisotopic (exact) mass is 473 g/mol. The fourth-order valence-corrected chi connectivity index (χ4v) is 3.98. The van der Waals surface area contributed by atoms with Crippen LogP contribution in [0.3, 0.4) is 0 Å². The lowest BCUT2D eigenvalue weighted by molar-refractivity contribution is -0.146. The van der Waals surface area contributed by atoms with Crippen LogP contribution in [0.25, 0.3) is 0 Å². The van der Waals surface area contributed by atoms with Crippen molar-refractivity contribution in [2.24, 2.45) is 0 Å². The number of halogens is 3. The van der Waals surface area contributed by atoms with E-state index < -0.39 is 18.0 Å². The Morgan fingerprint density at radius 2 is 2.03 bits per heavy atom. The molecule has 0 radical (unpaired) electrons. The minimum Gasteiger partial charge on any atom is -0.365 e. The number of rotatable bonds is 5. The van der Waals surface area contributed by atoms with Crippen molar-refractivity contribution < 1.29 is 18.0 Å². The van der Waals surface area contributed by atoms with E-state index in [0.717, 1.165) is 42.0 Å². The van der Waals surface area contributed by atoms with Gasteiger partial charge in [0, 0.05) is 43.2 Å². The average Bonchev–Trinajstić information content (AvgIpc) is 2.82. The Bertz CT molecular complexity index is 1170. The van der Waals surface area contributed by atoms with Crippen molar-refractivity contribution in [3.63, 3.8) is 0 Å². The van der Waals surface area contributed by atoms with Crippen LogP contribution in [-0.2, 0) is 13.0 Å². The molecule has 2 aromatic heterocycles. The van der Waals surface area contributed by atoms with Crippen LogP contribution in [-0.4, -0.2) is 39.8 Å². The molecule has 1 aliphatic heterocycles. The molecule has 33 heavy (non-hydrogen) atoms. The molecule has 1 atom stereocenters. The van der Waals surface area contributed by atoms with Crippen molar-refractivity contribution in [2.75, 3.05) is 23.0 Å². The minimum absolute atomic E-state index is 0.0889. The number of aromatic nitrogens is 3. The molecular weight excluding hydrogens is 451 g/mol. The van der Waals surface area contributed by atoms with E-state index in [9.17, 15) is 18.0 Å². The highest BCUT2D eigenvalue weighted by Gasteiger charge is 2.37. The number of anilines is 2. The Morgan fingerprint density at radius 3 is 2.79 bits per heavy atom. The first-order valence-electron chi connectivity index (χ1n) is 10.3. The molecule has 1 unspecified atom stereocenters. The predicted octanol–water partition coefficient (Wildman–Crippen LogP) is 5.07. The van der Waals surface area contributed by atoms with Crippen molar-refractivity contribution in [2.45, 2.75) is 37.1 Å². The molecular formula is C23H22F3N5OS. The molecule has 0 aliphatic carbocycles. The number of nitrogens with zero attached hydrogens (tertiary/aromatic N) is 4. The summed E-state index contributed by atoms with van der Waals surface area (Å²) < 4.78 is 39.1. The van der Waals surface area contributed by atoms with E-state index in [1.807, 2.05) is 12.5 Å². The quantitative estimate of drug-likeness (QED) is 0.412. The minimum atomic E-state index is -4.35. The third-order valence-electron chi connectivity index (χ3n) is 5.58. The number of pyridine rings is 1. The second-order valence-electron chi connectivity index (χ2n) is 7.77. The number of alkyl halides is 3. The van der Waals surface area contributed by atoms with Crippen molar-refractivity contribution in [3.8, 4) is 0 Å². The molecule has 0 bridgehead atoms. The molecule has 1 aromatic carbocycles. The zero-order chi connectivity index (χ0) is 23.6. The number of fused-ring (bicyclic) bond motifs is 1. The Hall–Kier alpha value is -3.14. The van der Waals surface area contributed by atoms with E-state index in [4.69, 9.17) is 0 Å². The molecule has 1 amide bonds. The zero-order valence-corrected chi connectivity index (χ0v) is 18.9. The molecule has 1 aliphatic rings. The van der Waals surface area contributed by atoms with Crippen LogP contribution < -0.4 is 10.2 Å². The molecule has 0 fully saturated rings. The maximum atomic E-state index is 13.0. The summed E-state index contributed by atoms with van der Waals surface area (Å²) in [5, 5.41) is 3.42. The topological polar surface area (TPSA) is 71.0 Å². The van der Waals surface area contributed by atoms with Gasteiger partial charge in [0.15, 0.2) is 5.16 Å². The van der Waals surface area contributed by atoms with Gasteiger partial charge >= 0.3 is 6.18 Å². The van der Waals surface area contributed by atoms with E-state index in [1.54, 1.807) is 18.3 Å². The second-order valence-corrected chi connectivity index (χ2v) is 8.55. The van der Waals surface area contributed by atoms with Crippen LogP contribution in [0.4, 0.5) is 24.5 Å². The van der Waals surface area contributed by atoms with Gasteiger partial charge < -0.3 is 10.2 Å². The van der Waals surface area contributed by atoms with Crippen molar-refractivity contribution >= 4 is 29.0 Å². The van der Waals surface area contributed by atoms with Gasteiger partial charge in [0.1, 0.15) is 0 Å². The molecule has 10 heteroatoms. The Balaban J connectivity index is 1.49. The number of hydrogen-bond acceptors (Lipinski definition) is 6. The highest BCUT2D eigenvalue weighted by molar-refractivity contribution is 7.98. The van der Waals surface area contributed by atoms with Crippen LogP contribution >= 0.6 is 11.8 Å². The van der Waals surface area contributed by atoms with Gasteiger partial charge in [-0.2, -0.15) is 13.2 Å². The third kappa shape index (κ3) is 5.27. The Kier molecular flexibility index (Phi) is 6.55. The van der Waals surface area contributed by atoms with Gasteiger partial charge in [-0.1, -0.05) is 23.9 Å². The van der Waals surface area contributed by atoms with Crippen molar-refractivity contribution in [3.05, 3.63) is 71.3 Å². The summed E-state index contributed by atoms with van der Waals surface area (Å²) in [4.78, 5) is 28.0. The lowest BCUT2D eigenvalue weighted by atomic mass is 10.0. The summed E-state index contributed by atoms with van der Waals surface area (Å²) in [6.07, 6.45) is 3.30. The van der Waals surface area contributed by atoms with Gasteiger partial charge in [0.25, 0.3) is 5.91 Å². The van der Waals surface area contributed by atoms with Gasteiger partial charge in [0.2, 0.25) is 0 Å². The number of hydrogen-bond donors (Lipinski definition) is 1. The second kappa shape index (κ2) is 9.38. The molecule has 172 valence electrons. The molecule has 3 aromatic rings. The fourth-order valence-electron chi connectivity index (χ4n) is 3.62. The van der Waals surface area contributed by atoms with E-state index in [0.29, 0.717) is 17.8 Å². The van der Waals surface area contributed by atoms with Gasteiger partial charge in [-0.25, -0.2) is 9.97 Å². The first kappa shape index (κ1) is 23.0. The number of thioether (sulfide) groups is 1. The Labute approximate surface area is 193 Å². The average molecular weight is 474 g/mol. The van der Waals surface area contributed by atoms with Gasteiger partial charge in [-0.3, -0.25) is 9.78 Å². The largest absolute Gasteiger partial charge is 0.395 e. The smallest absolute Gasteiger partial charge is 0.365 e. The van der Waals surface area contributed by atoms with Crippen molar-refractivity contribution in [1.82, 2.24) is 15.0 Å². The highest BCUT2D eigenvalue weighted by atomic mass is 32.2. The fraction of sp³-hybridized carbons (Fsp3) is 0.304. The summed E-state index contributed by atoms with van der Waals surface area (Å²) in [5.41, 5.74) is 3.55. The van der Waals surface area contributed by atoms with E-state index >= 15 is 0 Å². The van der Waals surface area contributed by atoms with E-state index in [1.165, 1.54) is 36.2 Å². The van der Waals surface area contributed by atoms with Crippen LogP contribution in [0.2, 0.25) is 0 Å². The van der Waals surface area contributed by atoms with Crippen LogP contribution in [0.5, 0.6) is 0 Å². The predicted molar refractivity (Wildman–Crippen MR) is 122 cm³/mol. The molecule has 0 saturated carbocycles. The Morgan fingerprint density at radius 1 is 1.21 bits per heavy atom. The first-order chi connectivity index (χ1) is 15.7. The standard InChI is InChI=1S/C23H22F3N5OS/c1-14(23(24,25)26)15-4-3-5-18(8-15)29-21(32)16-9-19(12-27-10-16)31-7-6-20-17(13-31)11-28-22(30-20)33-2/h3-5,8-12,14H,6-7,13H2,1-2H3,(H,29,32). The molecule has 3 heterocycles.